The number of likely N-dealkylation sites (N-methyl/N-ethyl adjacent to an activating group) is 1. The lowest BCUT2D eigenvalue weighted by molar-refractivity contribution is -0.154. The van der Waals surface area contributed by atoms with Crippen molar-refractivity contribution < 1.29 is 18.0 Å². The second-order valence-corrected chi connectivity index (χ2v) is 9.27. The number of hydrogen-bond acceptors (Lipinski definition) is 5. The number of benzene rings is 1. The lowest BCUT2D eigenvalue weighted by Gasteiger charge is -2.24. The van der Waals surface area contributed by atoms with E-state index in [4.69, 9.17) is 12.2 Å². The Balaban J connectivity index is 1.88. The Morgan fingerprint density at radius 3 is 2.48 bits per heavy atom. The van der Waals surface area contributed by atoms with Crippen molar-refractivity contribution in [2.45, 2.75) is 32.2 Å². The number of carbonyl (C=O) groups is 1. The Morgan fingerprint density at radius 2 is 1.88 bits per heavy atom. The van der Waals surface area contributed by atoms with Crippen molar-refractivity contribution in [2.24, 2.45) is 0 Å². The molecule has 0 unspecified atom stereocenters. The van der Waals surface area contributed by atoms with Gasteiger partial charge in [-0.2, -0.15) is 18.3 Å². The van der Waals surface area contributed by atoms with Crippen molar-refractivity contribution in [3.8, 4) is 0 Å². The Kier molecular flexibility index (Phi) is 8.44. The summed E-state index contributed by atoms with van der Waals surface area (Å²) in [7, 11) is 3.02. The Hall–Kier alpha value is -2.50. The van der Waals surface area contributed by atoms with Crippen molar-refractivity contribution >= 4 is 29.5 Å². The first-order valence-corrected chi connectivity index (χ1v) is 11.6. The zero-order valence-electron chi connectivity index (χ0n) is 18.5. The zero-order chi connectivity index (χ0) is 24.0. The molecular formula is C22H26F3N5OS2. The first-order chi connectivity index (χ1) is 15.6. The van der Waals surface area contributed by atoms with E-state index in [-0.39, 0.29) is 13.2 Å². The van der Waals surface area contributed by atoms with Gasteiger partial charge in [0, 0.05) is 31.9 Å². The van der Waals surface area contributed by atoms with E-state index < -0.39 is 18.6 Å². The van der Waals surface area contributed by atoms with Gasteiger partial charge in [-0.25, -0.2) is 4.68 Å². The molecule has 0 saturated heterocycles. The highest BCUT2D eigenvalue weighted by Crippen LogP contribution is 2.19. The number of amides is 1. The number of thiophene rings is 1. The molecule has 6 nitrogen and oxygen atoms in total. The summed E-state index contributed by atoms with van der Waals surface area (Å²) in [4.78, 5) is 15.5. The average molecular weight is 498 g/mol. The quantitative estimate of drug-likeness (QED) is 0.394. The molecule has 0 aliphatic heterocycles. The van der Waals surface area contributed by atoms with E-state index in [1.807, 2.05) is 52.4 Å². The van der Waals surface area contributed by atoms with Crippen LogP contribution in [0.15, 0.2) is 47.8 Å². The van der Waals surface area contributed by atoms with Crippen LogP contribution >= 0.6 is 23.6 Å². The molecule has 178 valence electrons. The molecule has 0 aliphatic rings. The van der Waals surface area contributed by atoms with Crippen LogP contribution in [0.2, 0.25) is 0 Å². The summed E-state index contributed by atoms with van der Waals surface area (Å²) in [6.07, 6.45) is -3.22. The van der Waals surface area contributed by atoms with Gasteiger partial charge in [-0.05, 0) is 35.6 Å². The summed E-state index contributed by atoms with van der Waals surface area (Å²) >= 11 is 7.20. The summed E-state index contributed by atoms with van der Waals surface area (Å²) in [5, 5.41) is 6.53. The van der Waals surface area contributed by atoms with E-state index in [9.17, 15) is 18.0 Å². The molecule has 1 amide bonds. The van der Waals surface area contributed by atoms with E-state index >= 15 is 0 Å². The van der Waals surface area contributed by atoms with Crippen LogP contribution in [0.5, 0.6) is 0 Å². The van der Waals surface area contributed by atoms with Gasteiger partial charge in [-0.3, -0.25) is 9.69 Å². The van der Waals surface area contributed by atoms with Crippen molar-refractivity contribution in [1.29, 1.82) is 0 Å². The molecule has 11 heteroatoms. The SMILES string of the molecule is CN(C)C(=O)CN(Cn1nc(Cc2cccs2)n(CCc2ccccc2)c1=S)CC(F)(F)F. The van der Waals surface area contributed by atoms with Gasteiger partial charge in [0.05, 0.1) is 19.8 Å². The van der Waals surface area contributed by atoms with Crippen LogP contribution in [0.3, 0.4) is 0 Å². The van der Waals surface area contributed by atoms with Gasteiger partial charge >= 0.3 is 6.18 Å². The molecule has 3 aromatic rings. The maximum absolute atomic E-state index is 13.2. The Bertz CT molecular complexity index is 1090. The van der Waals surface area contributed by atoms with Gasteiger partial charge in [0.2, 0.25) is 5.91 Å². The molecule has 0 fully saturated rings. The van der Waals surface area contributed by atoms with Crippen molar-refractivity contribution in [2.75, 3.05) is 27.2 Å². The van der Waals surface area contributed by atoms with Gasteiger partial charge in [0.25, 0.3) is 0 Å². The molecule has 2 aromatic heterocycles. The van der Waals surface area contributed by atoms with E-state index in [0.717, 1.165) is 15.3 Å². The predicted molar refractivity (Wildman–Crippen MR) is 125 cm³/mol. The van der Waals surface area contributed by atoms with Gasteiger partial charge < -0.3 is 9.47 Å². The second-order valence-electron chi connectivity index (χ2n) is 7.87. The normalized spacial score (nSPS) is 11.8. The van der Waals surface area contributed by atoms with E-state index in [1.165, 1.54) is 23.7 Å². The summed E-state index contributed by atoms with van der Waals surface area (Å²) < 4.78 is 43.1. The van der Waals surface area contributed by atoms with Crippen LogP contribution in [-0.4, -0.2) is 63.4 Å². The van der Waals surface area contributed by atoms with Gasteiger partial charge in [0.1, 0.15) is 5.82 Å². The molecule has 0 atom stereocenters. The third-order valence-electron chi connectivity index (χ3n) is 4.97. The van der Waals surface area contributed by atoms with Crippen LogP contribution in [-0.2, 0) is 30.8 Å². The molecule has 3 rings (SSSR count). The topological polar surface area (TPSA) is 46.3 Å². The minimum Gasteiger partial charge on any atom is -0.348 e. The molecule has 0 N–H and O–H groups in total. The predicted octanol–water partition coefficient (Wildman–Crippen LogP) is 4.22. The summed E-state index contributed by atoms with van der Waals surface area (Å²) in [5.41, 5.74) is 1.13. The molecule has 33 heavy (non-hydrogen) atoms. The molecule has 0 bridgehead atoms. The number of aromatic nitrogens is 3. The highest BCUT2D eigenvalue weighted by molar-refractivity contribution is 7.71. The van der Waals surface area contributed by atoms with E-state index in [0.29, 0.717) is 30.0 Å². The van der Waals surface area contributed by atoms with Crippen LogP contribution in [0, 0.1) is 4.77 Å². The minimum absolute atomic E-state index is 0.228. The number of carbonyl (C=O) groups excluding carboxylic acids is 1. The number of hydrogen-bond donors (Lipinski definition) is 0. The first kappa shape index (κ1) is 25.1. The first-order valence-electron chi connectivity index (χ1n) is 10.3. The molecule has 0 radical (unpaired) electrons. The van der Waals surface area contributed by atoms with Crippen LogP contribution in [0.4, 0.5) is 13.2 Å². The number of alkyl halides is 3. The highest BCUT2D eigenvalue weighted by atomic mass is 32.1. The lowest BCUT2D eigenvalue weighted by atomic mass is 10.1. The largest absolute Gasteiger partial charge is 0.401 e. The minimum atomic E-state index is -4.45. The summed E-state index contributed by atoms with van der Waals surface area (Å²) in [5.74, 6) is 0.261. The average Bonchev–Trinajstić information content (AvgIpc) is 3.35. The highest BCUT2D eigenvalue weighted by Gasteiger charge is 2.32. The number of rotatable bonds is 10. The summed E-state index contributed by atoms with van der Waals surface area (Å²) in [6, 6.07) is 13.8. The number of halogens is 3. The van der Waals surface area contributed by atoms with Gasteiger partial charge in [0.15, 0.2) is 4.77 Å². The molecule has 1 aromatic carbocycles. The summed E-state index contributed by atoms with van der Waals surface area (Å²) in [6.45, 7) is -1.29. The third kappa shape index (κ3) is 7.51. The van der Waals surface area contributed by atoms with Crippen LogP contribution < -0.4 is 0 Å². The fourth-order valence-corrected chi connectivity index (χ4v) is 4.32. The Morgan fingerprint density at radius 1 is 1.15 bits per heavy atom. The lowest BCUT2D eigenvalue weighted by Crippen LogP contribution is -2.42. The molecule has 0 saturated carbocycles. The standard InChI is InChI=1S/C22H26F3N5OS2/c1-27(2)20(31)14-28(15-22(23,24)25)16-30-21(32)29(11-10-17-7-4-3-5-8-17)19(26-30)13-18-9-6-12-33-18/h3-9,12H,10-11,13-16H2,1-2H3. The molecule has 0 aliphatic carbocycles. The smallest absolute Gasteiger partial charge is 0.348 e. The fourth-order valence-electron chi connectivity index (χ4n) is 3.32. The Labute approximate surface area is 199 Å². The van der Waals surface area contributed by atoms with Crippen molar-refractivity contribution in [3.63, 3.8) is 0 Å². The number of nitrogens with zero attached hydrogens (tertiary/aromatic N) is 5. The fraction of sp³-hybridized carbons (Fsp3) is 0.409. The zero-order valence-corrected chi connectivity index (χ0v) is 20.1. The monoisotopic (exact) mass is 497 g/mol. The maximum Gasteiger partial charge on any atom is 0.401 e. The van der Waals surface area contributed by atoms with Crippen molar-refractivity contribution in [3.05, 3.63) is 68.9 Å². The third-order valence-corrected chi connectivity index (χ3v) is 6.28. The second kappa shape index (κ2) is 11.1. The molecular weight excluding hydrogens is 471 g/mol. The molecule has 2 heterocycles. The van der Waals surface area contributed by atoms with Gasteiger partial charge in [-0.15, -0.1) is 11.3 Å². The van der Waals surface area contributed by atoms with E-state index in [2.05, 4.69) is 5.10 Å². The maximum atomic E-state index is 13.2. The van der Waals surface area contributed by atoms with Gasteiger partial charge in [-0.1, -0.05) is 36.4 Å². The molecule has 0 spiro atoms. The van der Waals surface area contributed by atoms with Crippen molar-refractivity contribution in [1.82, 2.24) is 24.1 Å². The van der Waals surface area contributed by atoms with Crippen LogP contribution in [0.1, 0.15) is 16.3 Å². The van der Waals surface area contributed by atoms with E-state index in [1.54, 1.807) is 11.3 Å². The number of aryl methyl sites for hydroxylation is 1. The van der Waals surface area contributed by atoms with Crippen LogP contribution in [0.25, 0.3) is 0 Å².